The van der Waals surface area contributed by atoms with Crippen LogP contribution in [0.25, 0.3) is 0 Å². The van der Waals surface area contributed by atoms with Crippen LogP contribution < -0.4 is 15.4 Å². The molecule has 0 fully saturated rings. The minimum absolute atomic E-state index is 0.0865. The number of likely N-dealkylation sites (N-methyl/N-ethyl adjacent to an activating group) is 1. The Balaban J connectivity index is 1.89. The summed E-state index contributed by atoms with van der Waals surface area (Å²) in [6.07, 6.45) is -5.19. The Hall–Kier alpha value is -3.85. The molecule has 0 saturated carbocycles. The van der Waals surface area contributed by atoms with Crippen LogP contribution >= 0.6 is 0 Å². The molecule has 0 aliphatic carbocycles. The van der Waals surface area contributed by atoms with Crippen LogP contribution in [0, 0.1) is 19.8 Å². The molecule has 4 atom stereocenters. The predicted octanol–water partition coefficient (Wildman–Crippen LogP) is 5.53. The molecule has 4 amide bonds. The average molecular weight is 670 g/mol. The number of fused-ring (bicyclic) bond motifs is 1. The smallest absolute Gasteiger partial charge is 0.389 e. The summed E-state index contributed by atoms with van der Waals surface area (Å²) >= 11 is 0. The molecule has 0 bridgehead atoms. The van der Waals surface area contributed by atoms with E-state index < -0.39 is 49.0 Å². The molecule has 47 heavy (non-hydrogen) atoms. The van der Waals surface area contributed by atoms with Gasteiger partial charge in [-0.1, -0.05) is 12.1 Å². The third kappa shape index (κ3) is 11.1. The van der Waals surface area contributed by atoms with E-state index >= 15 is 0 Å². The van der Waals surface area contributed by atoms with Gasteiger partial charge in [0, 0.05) is 44.8 Å². The SMILES string of the molecule is Cc1noc(C)c1NC(=O)N(C)C[C@@H]1OCCCC[C@H](C)Oc2ccc(NC(=O)CCC(F)(F)F)cc2C(=O)N([C@@H](C)CO)C[C@@H]1C. The molecule has 15 heteroatoms. The summed E-state index contributed by atoms with van der Waals surface area (Å²) in [5.74, 6) is -0.951. The number of alkyl halides is 3. The number of anilines is 2. The first-order valence-electron chi connectivity index (χ1n) is 15.7. The fourth-order valence-corrected chi connectivity index (χ4v) is 5.16. The van der Waals surface area contributed by atoms with Gasteiger partial charge < -0.3 is 39.5 Å². The standard InChI is InChI=1S/C32H46F3N5O7/c1-19-16-40(20(2)18-41)30(43)25-15-24(36-28(42)12-13-32(33,34)35)10-11-26(25)46-21(3)9-7-8-14-45-27(19)17-39(6)31(44)37-29-22(4)38-47-23(29)5/h10-11,15,19-21,27,41H,7-9,12-14,16-18H2,1-6H3,(H,36,42)(H,37,44)/t19-,20-,21-,27-/m0/s1. The minimum atomic E-state index is -4.48. The molecule has 3 rings (SSSR count). The van der Waals surface area contributed by atoms with Crippen molar-refractivity contribution in [3.8, 4) is 5.75 Å². The van der Waals surface area contributed by atoms with Crippen molar-refractivity contribution in [2.75, 3.05) is 44.0 Å². The van der Waals surface area contributed by atoms with Crippen molar-refractivity contribution in [3.05, 3.63) is 35.2 Å². The molecule has 1 aromatic heterocycles. The minimum Gasteiger partial charge on any atom is -0.490 e. The topological polar surface area (TPSA) is 146 Å². The van der Waals surface area contributed by atoms with Gasteiger partial charge >= 0.3 is 12.2 Å². The number of nitrogens with zero attached hydrogens (tertiary/aromatic N) is 3. The third-order valence-corrected chi connectivity index (χ3v) is 8.04. The quantitative estimate of drug-likeness (QED) is 0.333. The van der Waals surface area contributed by atoms with E-state index in [-0.39, 0.29) is 48.7 Å². The van der Waals surface area contributed by atoms with Gasteiger partial charge in [0.25, 0.3) is 5.91 Å². The number of benzene rings is 1. The second-order valence-electron chi connectivity index (χ2n) is 12.2. The third-order valence-electron chi connectivity index (χ3n) is 8.04. The highest BCUT2D eigenvalue weighted by Gasteiger charge is 2.32. The zero-order chi connectivity index (χ0) is 34.9. The Morgan fingerprint density at radius 3 is 2.55 bits per heavy atom. The molecule has 0 spiro atoms. The van der Waals surface area contributed by atoms with E-state index in [9.17, 15) is 32.7 Å². The first-order valence-corrected chi connectivity index (χ1v) is 15.7. The van der Waals surface area contributed by atoms with Gasteiger partial charge in [0.1, 0.15) is 17.1 Å². The van der Waals surface area contributed by atoms with Crippen molar-refractivity contribution in [1.29, 1.82) is 0 Å². The van der Waals surface area contributed by atoms with Crippen molar-refractivity contribution in [1.82, 2.24) is 15.0 Å². The lowest BCUT2D eigenvalue weighted by molar-refractivity contribution is -0.142. The molecule has 12 nitrogen and oxygen atoms in total. The molecule has 0 radical (unpaired) electrons. The van der Waals surface area contributed by atoms with E-state index in [0.717, 1.165) is 12.8 Å². The summed E-state index contributed by atoms with van der Waals surface area (Å²) in [4.78, 5) is 42.5. The lowest BCUT2D eigenvalue weighted by atomic mass is 10.0. The van der Waals surface area contributed by atoms with E-state index in [1.54, 1.807) is 27.8 Å². The van der Waals surface area contributed by atoms with E-state index in [2.05, 4.69) is 15.8 Å². The first kappa shape index (κ1) is 37.6. The van der Waals surface area contributed by atoms with Crippen molar-refractivity contribution in [2.24, 2.45) is 5.92 Å². The maximum Gasteiger partial charge on any atom is 0.389 e. The highest BCUT2D eigenvalue weighted by atomic mass is 19.4. The van der Waals surface area contributed by atoms with Gasteiger partial charge in [-0.15, -0.1) is 0 Å². The van der Waals surface area contributed by atoms with Gasteiger partial charge in [-0.05, 0) is 65.2 Å². The monoisotopic (exact) mass is 669 g/mol. The molecular weight excluding hydrogens is 623 g/mol. The number of aliphatic hydroxyl groups is 1. The molecule has 1 aromatic carbocycles. The van der Waals surface area contributed by atoms with E-state index in [1.807, 2.05) is 13.8 Å². The molecule has 262 valence electrons. The fourth-order valence-electron chi connectivity index (χ4n) is 5.16. The number of urea groups is 1. The number of ether oxygens (including phenoxy) is 2. The van der Waals surface area contributed by atoms with Crippen LogP contribution in [0.15, 0.2) is 22.7 Å². The number of hydrogen-bond donors (Lipinski definition) is 3. The zero-order valence-electron chi connectivity index (χ0n) is 27.8. The number of nitrogens with one attached hydrogen (secondary N) is 2. The molecule has 0 unspecified atom stereocenters. The highest BCUT2D eigenvalue weighted by molar-refractivity contribution is 5.99. The summed E-state index contributed by atoms with van der Waals surface area (Å²) < 4.78 is 55.6. The van der Waals surface area contributed by atoms with Crippen molar-refractivity contribution in [3.63, 3.8) is 0 Å². The maximum atomic E-state index is 14.2. The van der Waals surface area contributed by atoms with Crippen molar-refractivity contribution >= 4 is 29.2 Å². The summed E-state index contributed by atoms with van der Waals surface area (Å²) in [6.45, 7) is 9.22. The number of aromatic nitrogens is 1. The van der Waals surface area contributed by atoms with Gasteiger partial charge in [-0.25, -0.2) is 4.79 Å². The fraction of sp³-hybridized carbons (Fsp3) is 0.625. The molecule has 1 aliphatic heterocycles. The Morgan fingerprint density at radius 1 is 1.19 bits per heavy atom. The van der Waals surface area contributed by atoms with Crippen LogP contribution in [0.4, 0.5) is 29.3 Å². The van der Waals surface area contributed by atoms with E-state index in [0.29, 0.717) is 30.2 Å². The molecular formula is C32H46F3N5O7. The van der Waals surface area contributed by atoms with Gasteiger partial charge in [0.15, 0.2) is 5.76 Å². The van der Waals surface area contributed by atoms with Crippen LogP contribution in [0.1, 0.15) is 74.7 Å². The molecule has 1 aliphatic rings. The number of hydrogen-bond acceptors (Lipinski definition) is 8. The maximum absolute atomic E-state index is 14.2. The molecule has 3 N–H and O–H groups in total. The molecule has 2 heterocycles. The van der Waals surface area contributed by atoms with Gasteiger partial charge in [-0.3, -0.25) is 9.59 Å². The number of carbonyl (C=O) groups excluding carboxylic acids is 3. The second kappa shape index (κ2) is 16.8. The van der Waals surface area contributed by atoms with E-state index in [1.165, 1.54) is 28.0 Å². The Labute approximate surface area is 272 Å². The molecule has 2 aromatic rings. The van der Waals surface area contributed by atoms with E-state index in [4.69, 9.17) is 14.0 Å². The van der Waals surface area contributed by atoms with Crippen molar-refractivity contribution in [2.45, 2.75) is 91.1 Å². The lowest BCUT2D eigenvalue weighted by Crippen LogP contribution is -2.48. The Bertz CT molecular complexity index is 1350. The van der Waals surface area contributed by atoms with Gasteiger partial charge in [-0.2, -0.15) is 13.2 Å². The first-order chi connectivity index (χ1) is 22.1. The van der Waals surface area contributed by atoms with Crippen molar-refractivity contribution < 1.29 is 46.7 Å². The Morgan fingerprint density at radius 2 is 1.91 bits per heavy atom. The number of aliphatic hydroxyl groups excluding tert-OH is 1. The number of aryl methyl sites for hydroxylation is 2. The highest BCUT2D eigenvalue weighted by Crippen LogP contribution is 2.29. The number of carbonyl (C=O) groups is 3. The Kier molecular flexibility index (Phi) is 13.5. The van der Waals surface area contributed by atoms with Crippen LogP contribution in [-0.4, -0.2) is 95.7 Å². The van der Waals surface area contributed by atoms with Crippen LogP contribution in [0.2, 0.25) is 0 Å². The number of rotatable bonds is 8. The largest absolute Gasteiger partial charge is 0.490 e. The van der Waals surface area contributed by atoms with Crippen LogP contribution in [-0.2, 0) is 9.53 Å². The summed E-state index contributed by atoms with van der Waals surface area (Å²) in [6, 6.07) is 3.33. The summed E-state index contributed by atoms with van der Waals surface area (Å²) in [5.41, 5.74) is 1.25. The van der Waals surface area contributed by atoms with Crippen LogP contribution in [0.3, 0.4) is 0 Å². The number of amides is 4. The normalized spacial score (nSPS) is 20.4. The van der Waals surface area contributed by atoms with Gasteiger partial charge in [0.05, 0.1) is 36.8 Å². The molecule has 0 saturated heterocycles. The summed E-state index contributed by atoms with van der Waals surface area (Å²) in [5, 5.41) is 19.2. The average Bonchev–Trinajstić information content (AvgIpc) is 3.33. The summed E-state index contributed by atoms with van der Waals surface area (Å²) in [7, 11) is 1.63. The predicted molar refractivity (Wildman–Crippen MR) is 168 cm³/mol. The van der Waals surface area contributed by atoms with Crippen LogP contribution in [0.5, 0.6) is 5.75 Å². The second-order valence-corrected chi connectivity index (χ2v) is 12.2. The lowest BCUT2D eigenvalue weighted by Gasteiger charge is -2.35. The number of halogens is 3. The van der Waals surface area contributed by atoms with Gasteiger partial charge in [0.2, 0.25) is 5.91 Å². The zero-order valence-corrected chi connectivity index (χ0v) is 27.8.